The quantitative estimate of drug-likeness (QED) is 0.492. The number of hydrogen-bond acceptors (Lipinski definition) is 4. The standard InChI is InChI=1S/C12H8O5/c13-9(5-11(14)15)12(16)8-6-17-10-4-2-1-3-7(8)10/h1-4,6H,5H2,(H,14,15). The smallest absolute Gasteiger partial charge is 0.311 e. The average Bonchev–Trinajstić information content (AvgIpc) is 2.70. The van der Waals surface area contributed by atoms with Gasteiger partial charge in [-0.2, -0.15) is 0 Å². The van der Waals surface area contributed by atoms with Gasteiger partial charge in [0, 0.05) is 5.39 Å². The Bertz CT molecular complexity index is 608. The lowest BCUT2D eigenvalue weighted by Crippen LogP contribution is -2.17. The van der Waals surface area contributed by atoms with Crippen LogP contribution in [0.2, 0.25) is 0 Å². The van der Waals surface area contributed by atoms with Crippen molar-refractivity contribution in [2.75, 3.05) is 0 Å². The number of carboxylic acids is 1. The van der Waals surface area contributed by atoms with Crippen LogP contribution in [0.3, 0.4) is 0 Å². The van der Waals surface area contributed by atoms with Crippen LogP contribution in [0.5, 0.6) is 0 Å². The Hall–Kier alpha value is -2.43. The molecule has 0 saturated heterocycles. The molecule has 0 saturated carbocycles. The first-order valence-corrected chi connectivity index (χ1v) is 4.85. The second-order valence-electron chi connectivity index (χ2n) is 3.47. The Kier molecular flexibility index (Phi) is 2.74. The molecular weight excluding hydrogens is 224 g/mol. The van der Waals surface area contributed by atoms with E-state index in [4.69, 9.17) is 9.52 Å². The van der Waals surface area contributed by atoms with Crippen molar-refractivity contribution in [1.82, 2.24) is 0 Å². The monoisotopic (exact) mass is 232 g/mol. The minimum atomic E-state index is -1.32. The first kappa shape index (κ1) is 11.1. The van der Waals surface area contributed by atoms with Crippen LogP contribution in [0.25, 0.3) is 11.0 Å². The van der Waals surface area contributed by atoms with E-state index in [2.05, 4.69) is 0 Å². The molecule has 0 aliphatic rings. The van der Waals surface area contributed by atoms with Gasteiger partial charge >= 0.3 is 5.97 Å². The molecule has 5 heteroatoms. The average molecular weight is 232 g/mol. The third-order valence-corrected chi connectivity index (χ3v) is 2.29. The first-order valence-electron chi connectivity index (χ1n) is 4.85. The van der Waals surface area contributed by atoms with Crippen molar-refractivity contribution >= 4 is 28.5 Å². The van der Waals surface area contributed by atoms with Gasteiger partial charge < -0.3 is 9.52 Å². The van der Waals surface area contributed by atoms with Crippen molar-refractivity contribution < 1.29 is 23.9 Å². The van der Waals surface area contributed by atoms with Crippen LogP contribution in [0, 0.1) is 0 Å². The van der Waals surface area contributed by atoms with Crippen molar-refractivity contribution in [3.63, 3.8) is 0 Å². The second kappa shape index (κ2) is 4.21. The first-order chi connectivity index (χ1) is 8.09. The zero-order valence-electron chi connectivity index (χ0n) is 8.67. The van der Waals surface area contributed by atoms with Crippen LogP contribution in [0.15, 0.2) is 34.9 Å². The molecule has 1 aromatic heterocycles. The Morgan fingerprint density at radius 3 is 2.59 bits per heavy atom. The highest BCUT2D eigenvalue weighted by Crippen LogP contribution is 2.21. The van der Waals surface area contributed by atoms with E-state index in [1.54, 1.807) is 24.3 Å². The molecule has 1 aromatic carbocycles. The van der Waals surface area contributed by atoms with E-state index < -0.39 is 24.0 Å². The molecule has 2 rings (SSSR count). The van der Waals surface area contributed by atoms with Crippen LogP contribution in [-0.2, 0) is 9.59 Å². The van der Waals surface area contributed by atoms with Gasteiger partial charge in [0.1, 0.15) is 18.3 Å². The van der Waals surface area contributed by atoms with Crippen molar-refractivity contribution in [3.8, 4) is 0 Å². The summed E-state index contributed by atoms with van der Waals surface area (Å²) < 4.78 is 5.10. The molecule has 86 valence electrons. The molecule has 5 nitrogen and oxygen atoms in total. The topological polar surface area (TPSA) is 84.6 Å². The number of Topliss-reactive ketones (excluding diaryl/α,β-unsaturated/α-hetero) is 2. The number of carboxylic acid groups (broad SMARTS) is 1. The fourth-order valence-corrected chi connectivity index (χ4v) is 1.52. The molecule has 1 N–H and O–H groups in total. The fraction of sp³-hybridized carbons (Fsp3) is 0.0833. The van der Waals surface area contributed by atoms with Crippen molar-refractivity contribution in [3.05, 3.63) is 36.1 Å². The third-order valence-electron chi connectivity index (χ3n) is 2.29. The number of fused-ring (bicyclic) bond motifs is 1. The third kappa shape index (κ3) is 2.08. The summed E-state index contributed by atoms with van der Waals surface area (Å²) in [6.07, 6.45) is 0.366. The molecule has 0 spiro atoms. The van der Waals surface area contributed by atoms with Gasteiger partial charge in [0.2, 0.25) is 11.6 Å². The van der Waals surface area contributed by atoms with Crippen molar-refractivity contribution in [1.29, 1.82) is 0 Å². The van der Waals surface area contributed by atoms with Gasteiger partial charge in [-0.15, -0.1) is 0 Å². The van der Waals surface area contributed by atoms with E-state index in [-0.39, 0.29) is 5.56 Å². The van der Waals surface area contributed by atoms with Gasteiger partial charge in [0.05, 0.1) is 5.56 Å². The highest BCUT2D eigenvalue weighted by atomic mass is 16.4. The Labute approximate surface area is 95.6 Å². The predicted molar refractivity (Wildman–Crippen MR) is 57.8 cm³/mol. The fourth-order valence-electron chi connectivity index (χ4n) is 1.52. The van der Waals surface area contributed by atoms with E-state index in [0.717, 1.165) is 0 Å². The van der Waals surface area contributed by atoms with Crippen LogP contribution in [0.1, 0.15) is 16.8 Å². The Balaban J connectivity index is 2.37. The molecule has 0 fully saturated rings. The number of carbonyl (C=O) groups is 3. The van der Waals surface area contributed by atoms with Crippen LogP contribution < -0.4 is 0 Å². The maximum absolute atomic E-state index is 11.7. The highest BCUT2D eigenvalue weighted by Gasteiger charge is 2.22. The summed E-state index contributed by atoms with van der Waals surface area (Å²) in [4.78, 5) is 33.4. The summed E-state index contributed by atoms with van der Waals surface area (Å²) >= 11 is 0. The lowest BCUT2D eigenvalue weighted by molar-refractivity contribution is -0.139. The summed E-state index contributed by atoms with van der Waals surface area (Å²) in [5, 5.41) is 8.96. The van der Waals surface area contributed by atoms with Crippen LogP contribution in [-0.4, -0.2) is 22.6 Å². The number of aliphatic carboxylic acids is 1. The van der Waals surface area contributed by atoms with Crippen molar-refractivity contribution in [2.24, 2.45) is 0 Å². The summed E-state index contributed by atoms with van der Waals surface area (Å²) in [6.45, 7) is 0. The van der Waals surface area contributed by atoms with Crippen molar-refractivity contribution in [2.45, 2.75) is 6.42 Å². The number of carbonyl (C=O) groups excluding carboxylic acids is 2. The minimum Gasteiger partial charge on any atom is -0.481 e. The van der Waals surface area contributed by atoms with Gasteiger partial charge in [-0.1, -0.05) is 18.2 Å². The van der Waals surface area contributed by atoms with Gasteiger partial charge in [-0.25, -0.2) is 0 Å². The van der Waals surface area contributed by atoms with Gasteiger partial charge in [0.25, 0.3) is 0 Å². The zero-order valence-corrected chi connectivity index (χ0v) is 8.67. The number of furan rings is 1. The van der Waals surface area contributed by atoms with Gasteiger partial charge in [0.15, 0.2) is 0 Å². The summed E-state index contributed by atoms with van der Waals surface area (Å²) in [5.74, 6) is -3.11. The lowest BCUT2D eigenvalue weighted by atomic mass is 10.0. The molecule has 0 aliphatic carbocycles. The molecule has 0 amide bonds. The summed E-state index contributed by atoms with van der Waals surface area (Å²) in [6, 6.07) is 6.74. The van der Waals surface area contributed by atoms with Gasteiger partial charge in [-0.3, -0.25) is 14.4 Å². The largest absolute Gasteiger partial charge is 0.481 e. The number of benzene rings is 1. The molecule has 0 bridgehead atoms. The maximum Gasteiger partial charge on any atom is 0.311 e. The number of rotatable bonds is 4. The molecule has 0 atom stereocenters. The van der Waals surface area contributed by atoms with Crippen LogP contribution >= 0.6 is 0 Å². The number of ketones is 2. The minimum absolute atomic E-state index is 0.104. The van der Waals surface area contributed by atoms with E-state index in [0.29, 0.717) is 11.0 Å². The Morgan fingerprint density at radius 2 is 1.88 bits per heavy atom. The Morgan fingerprint density at radius 1 is 1.18 bits per heavy atom. The predicted octanol–water partition coefficient (Wildman–Crippen LogP) is 1.66. The molecule has 0 unspecified atom stereocenters. The molecular formula is C12H8O5. The molecule has 0 radical (unpaired) electrons. The molecule has 2 aromatic rings. The van der Waals surface area contributed by atoms with Crippen LogP contribution in [0.4, 0.5) is 0 Å². The zero-order chi connectivity index (χ0) is 12.4. The van der Waals surface area contributed by atoms with E-state index in [9.17, 15) is 14.4 Å². The lowest BCUT2D eigenvalue weighted by Gasteiger charge is -1.95. The second-order valence-corrected chi connectivity index (χ2v) is 3.47. The van der Waals surface area contributed by atoms with E-state index >= 15 is 0 Å². The maximum atomic E-state index is 11.7. The SMILES string of the molecule is O=C(O)CC(=O)C(=O)c1coc2ccccc12. The number of para-hydroxylation sites is 1. The van der Waals surface area contributed by atoms with E-state index in [1.165, 1.54) is 6.26 Å². The van der Waals surface area contributed by atoms with Gasteiger partial charge in [-0.05, 0) is 6.07 Å². The summed E-state index contributed by atoms with van der Waals surface area (Å²) in [5.41, 5.74) is 0.589. The molecule has 0 aliphatic heterocycles. The molecule has 17 heavy (non-hydrogen) atoms. The van der Waals surface area contributed by atoms with E-state index in [1.807, 2.05) is 0 Å². The summed E-state index contributed by atoms with van der Waals surface area (Å²) in [7, 11) is 0. The molecule has 1 heterocycles. The highest BCUT2D eigenvalue weighted by molar-refractivity contribution is 6.47. The normalized spacial score (nSPS) is 10.4. The number of hydrogen-bond donors (Lipinski definition) is 1.